The Morgan fingerprint density at radius 1 is 1.14 bits per heavy atom. The molecule has 1 amide bonds. The number of nitrogens with two attached hydrogens (primary N) is 1. The first-order chi connectivity index (χ1) is 10.2. The van der Waals surface area contributed by atoms with Gasteiger partial charge in [0.15, 0.2) is 0 Å². The standard InChI is InChI=1S/C19H29NO/c1-3-5-10-17(16-12-8-7-9-13-16)14-15-18(19(20)21)11-6-4-2/h7-9,12-13,15,17H,3-6,10-11,14H2,1-2H3,(H2,20,21). The number of unbranched alkanes of at least 4 members (excludes halogenated alkanes) is 2. The van der Waals surface area contributed by atoms with Crippen LogP contribution in [0.3, 0.4) is 0 Å². The van der Waals surface area contributed by atoms with E-state index in [2.05, 4.69) is 44.2 Å². The van der Waals surface area contributed by atoms with Crippen molar-refractivity contribution in [2.75, 3.05) is 0 Å². The molecule has 1 atom stereocenters. The average Bonchev–Trinajstić information content (AvgIpc) is 2.50. The third-order valence-electron chi connectivity index (χ3n) is 3.94. The number of carbonyl (C=O) groups excluding carboxylic acids is 1. The summed E-state index contributed by atoms with van der Waals surface area (Å²) in [5, 5.41) is 0. The second-order valence-electron chi connectivity index (χ2n) is 5.68. The Morgan fingerprint density at radius 2 is 1.81 bits per heavy atom. The van der Waals surface area contributed by atoms with Gasteiger partial charge in [-0.2, -0.15) is 0 Å². The minimum atomic E-state index is -0.259. The van der Waals surface area contributed by atoms with E-state index in [4.69, 9.17) is 5.73 Å². The van der Waals surface area contributed by atoms with Crippen molar-refractivity contribution in [1.29, 1.82) is 0 Å². The molecule has 0 saturated heterocycles. The third-order valence-corrected chi connectivity index (χ3v) is 3.94. The van der Waals surface area contributed by atoms with Crippen molar-refractivity contribution in [1.82, 2.24) is 0 Å². The molecule has 0 aromatic heterocycles. The predicted octanol–water partition coefficient (Wildman–Crippen LogP) is 4.95. The molecule has 0 bridgehead atoms. The van der Waals surface area contributed by atoms with E-state index >= 15 is 0 Å². The second-order valence-corrected chi connectivity index (χ2v) is 5.68. The van der Waals surface area contributed by atoms with Gasteiger partial charge in [0.1, 0.15) is 0 Å². The summed E-state index contributed by atoms with van der Waals surface area (Å²) in [6, 6.07) is 10.6. The van der Waals surface area contributed by atoms with Crippen LogP contribution in [0, 0.1) is 0 Å². The van der Waals surface area contributed by atoms with E-state index in [0.717, 1.165) is 37.7 Å². The number of rotatable bonds is 10. The van der Waals surface area contributed by atoms with Crippen LogP contribution < -0.4 is 5.73 Å². The van der Waals surface area contributed by atoms with E-state index in [-0.39, 0.29) is 5.91 Å². The summed E-state index contributed by atoms with van der Waals surface area (Å²) in [5.41, 5.74) is 7.66. The highest BCUT2D eigenvalue weighted by Gasteiger charge is 2.11. The summed E-state index contributed by atoms with van der Waals surface area (Å²) in [4.78, 5) is 11.5. The van der Waals surface area contributed by atoms with Crippen molar-refractivity contribution in [2.24, 2.45) is 5.73 Å². The molecule has 2 nitrogen and oxygen atoms in total. The Bertz CT molecular complexity index is 436. The third kappa shape index (κ3) is 6.61. The zero-order chi connectivity index (χ0) is 15.5. The maximum Gasteiger partial charge on any atom is 0.244 e. The normalized spacial score (nSPS) is 13.1. The van der Waals surface area contributed by atoms with Gasteiger partial charge < -0.3 is 5.73 Å². The number of allylic oxidation sites excluding steroid dienone is 1. The fraction of sp³-hybridized carbons (Fsp3) is 0.526. The summed E-state index contributed by atoms with van der Waals surface area (Å²) in [5.74, 6) is 0.230. The Kier molecular flexibility index (Phi) is 8.49. The van der Waals surface area contributed by atoms with Crippen LogP contribution in [0.25, 0.3) is 0 Å². The Morgan fingerprint density at radius 3 is 2.38 bits per heavy atom. The van der Waals surface area contributed by atoms with Gasteiger partial charge in [-0.05, 0) is 37.2 Å². The molecule has 0 radical (unpaired) electrons. The van der Waals surface area contributed by atoms with Gasteiger partial charge in [-0.15, -0.1) is 0 Å². The summed E-state index contributed by atoms with van der Waals surface area (Å²) in [6.45, 7) is 4.35. The maximum atomic E-state index is 11.5. The number of amides is 1. The lowest BCUT2D eigenvalue weighted by atomic mass is 9.89. The van der Waals surface area contributed by atoms with Gasteiger partial charge in [0.2, 0.25) is 5.91 Å². The molecule has 1 aromatic carbocycles. The van der Waals surface area contributed by atoms with Gasteiger partial charge in [0, 0.05) is 5.57 Å². The molecular formula is C19H29NO. The highest BCUT2D eigenvalue weighted by atomic mass is 16.1. The number of hydrogen-bond donors (Lipinski definition) is 1. The first-order valence-electron chi connectivity index (χ1n) is 8.22. The van der Waals surface area contributed by atoms with E-state index in [0.29, 0.717) is 5.92 Å². The fourth-order valence-electron chi connectivity index (χ4n) is 2.57. The molecule has 0 aliphatic carbocycles. The van der Waals surface area contributed by atoms with Gasteiger partial charge in [-0.3, -0.25) is 4.79 Å². The highest BCUT2D eigenvalue weighted by molar-refractivity contribution is 5.91. The van der Waals surface area contributed by atoms with Crippen molar-refractivity contribution < 1.29 is 4.79 Å². The van der Waals surface area contributed by atoms with Crippen LogP contribution in [-0.2, 0) is 4.79 Å². The predicted molar refractivity (Wildman–Crippen MR) is 90.1 cm³/mol. The molecule has 0 heterocycles. The quantitative estimate of drug-likeness (QED) is 0.608. The van der Waals surface area contributed by atoms with Crippen molar-refractivity contribution in [2.45, 2.75) is 64.7 Å². The Labute approximate surface area is 129 Å². The van der Waals surface area contributed by atoms with Crippen molar-refractivity contribution in [3.8, 4) is 0 Å². The molecule has 2 heteroatoms. The zero-order valence-corrected chi connectivity index (χ0v) is 13.5. The van der Waals surface area contributed by atoms with Crippen molar-refractivity contribution in [3.63, 3.8) is 0 Å². The minimum Gasteiger partial charge on any atom is -0.366 e. The monoisotopic (exact) mass is 287 g/mol. The van der Waals surface area contributed by atoms with E-state index in [1.54, 1.807) is 0 Å². The van der Waals surface area contributed by atoms with Gasteiger partial charge >= 0.3 is 0 Å². The Hall–Kier alpha value is -1.57. The number of hydrogen-bond acceptors (Lipinski definition) is 1. The van der Waals surface area contributed by atoms with E-state index in [1.165, 1.54) is 18.4 Å². The van der Waals surface area contributed by atoms with Crippen LogP contribution in [0.2, 0.25) is 0 Å². The molecule has 1 unspecified atom stereocenters. The number of primary amides is 1. The lowest BCUT2D eigenvalue weighted by molar-refractivity contribution is -0.114. The van der Waals surface area contributed by atoms with E-state index in [9.17, 15) is 4.79 Å². The van der Waals surface area contributed by atoms with Crippen LogP contribution in [0.4, 0.5) is 0 Å². The molecule has 0 saturated carbocycles. The zero-order valence-electron chi connectivity index (χ0n) is 13.5. The SMILES string of the molecule is CCCCC(=CCC(CCCC)c1ccccc1)C(N)=O. The lowest BCUT2D eigenvalue weighted by Crippen LogP contribution is -2.14. The lowest BCUT2D eigenvalue weighted by Gasteiger charge is -2.16. The largest absolute Gasteiger partial charge is 0.366 e. The van der Waals surface area contributed by atoms with E-state index in [1.807, 2.05) is 6.07 Å². The van der Waals surface area contributed by atoms with Gasteiger partial charge in [-0.25, -0.2) is 0 Å². The van der Waals surface area contributed by atoms with Gasteiger partial charge in [0.25, 0.3) is 0 Å². The number of carbonyl (C=O) groups is 1. The minimum absolute atomic E-state index is 0.259. The smallest absolute Gasteiger partial charge is 0.244 e. The van der Waals surface area contributed by atoms with Crippen LogP contribution in [0.1, 0.15) is 70.3 Å². The molecule has 21 heavy (non-hydrogen) atoms. The maximum absolute atomic E-state index is 11.5. The molecule has 1 rings (SSSR count). The summed E-state index contributed by atoms with van der Waals surface area (Å²) in [6.07, 6.45) is 9.48. The highest BCUT2D eigenvalue weighted by Crippen LogP contribution is 2.27. The molecular weight excluding hydrogens is 258 g/mol. The first-order valence-corrected chi connectivity index (χ1v) is 8.22. The number of benzene rings is 1. The molecule has 0 fully saturated rings. The topological polar surface area (TPSA) is 43.1 Å². The van der Waals surface area contributed by atoms with Gasteiger partial charge in [-0.1, -0.05) is 69.5 Å². The summed E-state index contributed by atoms with van der Waals surface area (Å²) in [7, 11) is 0. The summed E-state index contributed by atoms with van der Waals surface area (Å²) < 4.78 is 0. The first kappa shape index (κ1) is 17.5. The average molecular weight is 287 g/mol. The summed E-state index contributed by atoms with van der Waals surface area (Å²) >= 11 is 0. The van der Waals surface area contributed by atoms with Gasteiger partial charge in [0.05, 0.1) is 0 Å². The molecule has 1 aromatic rings. The van der Waals surface area contributed by atoms with Crippen LogP contribution >= 0.6 is 0 Å². The second kappa shape index (κ2) is 10.2. The molecule has 0 aliphatic heterocycles. The van der Waals surface area contributed by atoms with Crippen LogP contribution in [0.15, 0.2) is 42.0 Å². The fourth-order valence-corrected chi connectivity index (χ4v) is 2.57. The van der Waals surface area contributed by atoms with Crippen LogP contribution in [0.5, 0.6) is 0 Å². The molecule has 116 valence electrons. The molecule has 0 spiro atoms. The van der Waals surface area contributed by atoms with Crippen molar-refractivity contribution in [3.05, 3.63) is 47.5 Å². The molecule has 0 aliphatic rings. The van der Waals surface area contributed by atoms with Crippen LogP contribution in [-0.4, -0.2) is 5.91 Å². The van der Waals surface area contributed by atoms with E-state index < -0.39 is 0 Å². The molecule has 2 N–H and O–H groups in total. The Balaban J connectivity index is 2.77. The van der Waals surface area contributed by atoms with Crippen molar-refractivity contribution >= 4 is 5.91 Å².